The highest BCUT2D eigenvalue weighted by Gasteiger charge is 2.45. The van der Waals surface area contributed by atoms with E-state index in [1.54, 1.807) is 23.0 Å². The van der Waals surface area contributed by atoms with E-state index < -0.39 is 5.60 Å². The fourth-order valence-corrected chi connectivity index (χ4v) is 2.86. The normalized spacial score (nSPS) is 26.6. The van der Waals surface area contributed by atoms with E-state index in [1.165, 1.54) is 0 Å². The molecule has 20 heavy (non-hydrogen) atoms. The van der Waals surface area contributed by atoms with Crippen LogP contribution in [0, 0.1) is 6.92 Å². The molecule has 2 aliphatic heterocycles. The van der Waals surface area contributed by atoms with Crippen LogP contribution in [0.3, 0.4) is 0 Å². The molecule has 3 rings (SSSR count). The summed E-state index contributed by atoms with van der Waals surface area (Å²) in [6.07, 6.45) is 2.31. The number of amides is 2. The zero-order valence-electron chi connectivity index (χ0n) is 11.7. The predicted octanol–water partition coefficient (Wildman–Crippen LogP) is -0.209. The van der Waals surface area contributed by atoms with Crippen molar-refractivity contribution >= 4 is 11.8 Å². The number of carbonyl (C=O) groups excluding carboxylic acids is 2. The fraction of sp³-hybridized carbons (Fsp3) is 0.615. The van der Waals surface area contributed by atoms with Crippen LogP contribution in [0.25, 0.3) is 0 Å². The van der Waals surface area contributed by atoms with Crippen molar-refractivity contribution in [3.8, 4) is 0 Å². The minimum Gasteiger partial charge on any atom is -0.361 e. The molecule has 0 saturated carbocycles. The number of carbonyl (C=O) groups is 2. The number of nitrogens with zero attached hydrogens (tertiary/aromatic N) is 3. The highest BCUT2D eigenvalue weighted by molar-refractivity contribution is 5.92. The zero-order chi connectivity index (χ0) is 14.3. The molecule has 2 aliphatic rings. The second-order valence-corrected chi connectivity index (χ2v) is 5.58. The van der Waals surface area contributed by atoms with Gasteiger partial charge in [-0.1, -0.05) is 0 Å². The fourth-order valence-electron chi connectivity index (χ4n) is 2.86. The maximum absolute atomic E-state index is 12.4. The molecule has 2 fully saturated rings. The Bertz CT molecular complexity index is 556. The second kappa shape index (κ2) is 4.59. The highest BCUT2D eigenvalue weighted by Crippen LogP contribution is 2.29. The van der Waals surface area contributed by atoms with E-state index in [0.717, 1.165) is 12.2 Å². The van der Waals surface area contributed by atoms with Gasteiger partial charge in [0.2, 0.25) is 5.91 Å². The Morgan fingerprint density at radius 1 is 1.50 bits per heavy atom. The number of rotatable bonds is 1. The lowest BCUT2D eigenvalue weighted by molar-refractivity contribution is -0.158. The summed E-state index contributed by atoms with van der Waals surface area (Å²) in [4.78, 5) is 34.3. The largest absolute Gasteiger partial charge is 0.361 e. The number of ether oxygens (including phenoxy) is 1. The van der Waals surface area contributed by atoms with Gasteiger partial charge in [0.15, 0.2) is 0 Å². The number of morpholine rings is 1. The van der Waals surface area contributed by atoms with Crippen molar-refractivity contribution in [3.63, 3.8) is 0 Å². The first kappa shape index (κ1) is 13.1. The van der Waals surface area contributed by atoms with Gasteiger partial charge in [-0.05, 0) is 13.3 Å². The topological polar surface area (TPSA) is 78.5 Å². The molecule has 7 heteroatoms. The van der Waals surface area contributed by atoms with Crippen LogP contribution in [0.5, 0.6) is 0 Å². The van der Waals surface area contributed by atoms with E-state index in [1.807, 2.05) is 6.92 Å². The van der Waals surface area contributed by atoms with Crippen LogP contribution in [0.15, 0.2) is 6.20 Å². The lowest BCUT2D eigenvalue weighted by Crippen LogP contribution is -2.54. The number of H-pyrrole nitrogens is 1. The van der Waals surface area contributed by atoms with Gasteiger partial charge in [-0.15, -0.1) is 0 Å². The Morgan fingerprint density at radius 3 is 2.95 bits per heavy atom. The van der Waals surface area contributed by atoms with Crippen LogP contribution in [-0.4, -0.2) is 70.5 Å². The number of hydrogen-bond acceptors (Lipinski definition) is 4. The van der Waals surface area contributed by atoms with Crippen molar-refractivity contribution in [1.29, 1.82) is 0 Å². The number of hydrogen-bond donors (Lipinski definition) is 1. The third-order valence-corrected chi connectivity index (χ3v) is 3.99. The summed E-state index contributed by atoms with van der Waals surface area (Å²) >= 11 is 0. The van der Waals surface area contributed by atoms with E-state index in [2.05, 4.69) is 9.97 Å². The summed E-state index contributed by atoms with van der Waals surface area (Å²) in [5.74, 6) is 0.650. The van der Waals surface area contributed by atoms with Crippen LogP contribution in [0.1, 0.15) is 22.7 Å². The molecule has 1 aromatic heterocycles. The predicted molar refractivity (Wildman–Crippen MR) is 70.2 cm³/mol. The maximum atomic E-state index is 12.4. The van der Waals surface area contributed by atoms with Crippen molar-refractivity contribution in [3.05, 3.63) is 17.7 Å². The Hall–Kier alpha value is -1.89. The molecule has 1 aromatic rings. The zero-order valence-corrected chi connectivity index (χ0v) is 11.7. The number of aryl methyl sites for hydroxylation is 1. The van der Waals surface area contributed by atoms with Gasteiger partial charge < -0.3 is 19.5 Å². The summed E-state index contributed by atoms with van der Waals surface area (Å²) in [5, 5.41) is 0. The van der Waals surface area contributed by atoms with Crippen molar-refractivity contribution in [1.82, 2.24) is 19.8 Å². The van der Waals surface area contributed by atoms with E-state index in [-0.39, 0.29) is 18.4 Å². The third kappa shape index (κ3) is 2.18. The maximum Gasteiger partial charge on any atom is 0.272 e. The van der Waals surface area contributed by atoms with Crippen LogP contribution in [0.4, 0.5) is 0 Å². The summed E-state index contributed by atoms with van der Waals surface area (Å²) < 4.78 is 5.72. The lowest BCUT2D eigenvalue weighted by Gasteiger charge is -2.38. The van der Waals surface area contributed by atoms with Crippen molar-refractivity contribution < 1.29 is 14.3 Å². The Balaban J connectivity index is 1.70. The van der Waals surface area contributed by atoms with Gasteiger partial charge in [-0.25, -0.2) is 4.98 Å². The summed E-state index contributed by atoms with van der Waals surface area (Å²) in [7, 11) is 1.77. The number of likely N-dealkylation sites (tertiary alicyclic amines) is 1. The van der Waals surface area contributed by atoms with E-state index in [9.17, 15) is 9.59 Å². The average molecular weight is 278 g/mol. The molecular formula is C13H18N4O3. The molecule has 7 nitrogen and oxygen atoms in total. The SMILES string of the molecule is Cc1ncc(C(=O)N2CC[C@@]3(CN(C)C(=O)CO3)C2)[nH]1. The van der Waals surface area contributed by atoms with Crippen LogP contribution < -0.4 is 0 Å². The van der Waals surface area contributed by atoms with Gasteiger partial charge in [-0.3, -0.25) is 9.59 Å². The van der Waals surface area contributed by atoms with Crippen LogP contribution in [0.2, 0.25) is 0 Å². The van der Waals surface area contributed by atoms with Crippen molar-refractivity contribution in [2.45, 2.75) is 18.9 Å². The van der Waals surface area contributed by atoms with E-state index in [0.29, 0.717) is 25.3 Å². The first-order valence-corrected chi connectivity index (χ1v) is 6.68. The molecule has 1 N–H and O–H groups in total. The number of likely N-dealkylation sites (N-methyl/N-ethyl adjacent to an activating group) is 1. The monoisotopic (exact) mass is 278 g/mol. The van der Waals surface area contributed by atoms with Crippen molar-refractivity contribution in [2.75, 3.05) is 33.3 Å². The minimum absolute atomic E-state index is 0.00963. The molecule has 3 heterocycles. The molecule has 1 atom stereocenters. The molecule has 108 valence electrons. The molecule has 2 saturated heterocycles. The van der Waals surface area contributed by atoms with Gasteiger partial charge in [-0.2, -0.15) is 0 Å². The average Bonchev–Trinajstić information content (AvgIpc) is 3.01. The Morgan fingerprint density at radius 2 is 2.30 bits per heavy atom. The number of aromatic nitrogens is 2. The minimum atomic E-state index is -0.409. The summed E-state index contributed by atoms with van der Waals surface area (Å²) in [6, 6.07) is 0. The van der Waals surface area contributed by atoms with E-state index >= 15 is 0 Å². The van der Waals surface area contributed by atoms with Gasteiger partial charge >= 0.3 is 0 Å². The van der Waals surface area contributed by atoms with Gasteiger partial charge in [0.1, 0.15) is 23.7 Å². The quantitative estimate of drug-likeness (QED) is 0.771. The van der Waals surface area contributed by atoms with Crippen LogP contribution in [-0.2, 0) is 9.53 Å². The summed E-state index contributed by atoms with van der Waals surface area (Å²) in [6.45, 7) is 3.60. The Labute approximate surface area is 116 Å². The molecule has 2 amide bonds. The molecule has 0 radical (unpaired) electrons. The molecule has 1 spiro atoms. The molecular weight excluding hydrogens is 260 g/mol. The number of nitrogens with one attached hydrogen (secondary N) is 1. The molecule has 0 unspecified atom stereocenters. The highest BCUT2D eigenvalue weighted by atomic mass is 16.5. The standard InChI is InChI=1S/C13H18N4O3/c1-9-14-5-10(15-9)12(19)17-4-3-13(8-17)7-16(2)11(18)6-20-13/h5H,3-4,6-8H2,1-2H3,(H,14,15)/t13-/m1/s1. The van der Waals surface area contributed by atoms with Crippen LogP contribution >= 0.6 is 0 Å². The Kier molecular flexibility index (Phi) is 3.01. The molecule has 0 aromatic carbocycles. The van der Waals surface area contributed by atoms with Gasteiger partial charge in [0, 0.05) is 13.6 Å². The van der Waals surface area contributed by atoms with Gasteiger partial charge in [0.25, 0.3) is 5.91 Å². The molecule has 0 aliphatic carbocycles. The second-order valence-electron chi connectivity index (χ2n) is 5.58. The van der Waals surface area contributed by atoms with Crippen molar-refractivity contribution in [2.24, 2.45) is 0 Å². The summed E-state index contributed by atoms with van der Waals surface area (Å²) in [5.41, 5.74) is 0.0905. The number of aromatic amines is 1. The number of imidazole rings is 1. The van der Waals surface area contributed by atoms with E-state index in [4.69, 9.17) is 4.74 Å². The first-order valence-electron chi connectivity index (χ1n) is 6.68. The third-order valence-electron chi connectivity index (χ3n) is 3.99. The smallest absolute Gasteiger partial charge is 0.272 e. The first-order chi connectivity index (χ1) is 9.49. The van der Waals surface area contributed by atoms with Gasteiger partial charge in [0.05, 0.1) is 19.3 Å². The lowest BCUT2D eigenvalue weighted by atomic mass is 10.0. The molecule has 0 bridgehead atoms.